The van der Waals surface area contributed by atoms with E-state index in [9.17, 15) is 8.42 Å². The minimum Gasteiger partial charge on any atom is -0.207 e. The Morgan fingerprint density at radius 2 is 1.78 bits per heavy atom. The summed E-state index contributed by atoms with van der Waals surface area (Å²) in [4.78, 5) is 0.588. The fraction of sp³-hybridized carbons (Fsp3) is 0.538. The van der Waals surface area contributed by atoms with E-state index in [1.165, 1.54) is 6.42 Å². The largest absolute Gasteiger partial charge is 0.240 e. The summed E-state index contributed by atoms with van der Waals surface area (Å²) >= 11 is 3.56. The molecule has 0 heterocycles. The lowest BCUT2D eigenvalue weighted by Gasteiger charge is -2.27. The molecule has 0 spiro atoms. The number of hydrogen-bond acceptors (Lipinski definition) is 2. The number of sulfonamides is 1. The van der Waals surface area contributed by atoms with E-state index in [1.807, 2.05) is 19.1 Å². The van der Waals surface area contributed by atoms with Crippen LogP contribution < -0.4 is 4.72 Å². The zero-order valence-corrected chi connectivity index (χ0v) is 12.8. The highest BCUT2D eigenvalue weighted by atomic mass is 79.9. The monoisotopic (exact) mass is 331 g/mol. The van der Waals surface area contributed by atoms with Crippen LogP contribution in [0.3, 0.4) is 0 Å². The van der Waals surface area contributed by atoms with Gasteiger partial charge in [-0.1, -0.05) is 46.5 Å². The van der Waals surface area contributed by atoms with E-state index in [0.29, 0.717) is 4.90 Å². The molecule has 5 heteroatoms. The third kappa shape index (κ3) is 3.33. The summed E-state index contributed by atoms with van der Waals surface area (Å²) < 4.78 is 27.3. The summed E-state index contributed by atoms with van der Waals surface area (Å²) in [6.45, 7) is 1.94. The van der Waals surface area contributed by atoms with Crippen LogP contribution in [-0.4, -0.2) is 19.3 Å². The lowest BCUT2D eigenvalue weighted by Crippen LogP contribution is -2.42. The van der Waals surface area contributed by atoms with Crippen molar-refractivity contribution in [1.29, 1.82) is 0 Å². The number of alkyl halides is 1. The van der Waals surface area contributed by atoms with Crippen molar-refractivity contribution < 1.29 is 8.42 Å². The molecule has 3 nitrogen and oxygen atoms in total. The molecule has 1 aliphatic rings. The van der Waals surface area contributed by atoms with E-state index in [1.54, 1.807) is 12.1 Å². The lowest BCUT2D eigenvalue weighted by atomic mass is 9.96. The molecule has 0 bridgehead atoms. The van der Waals surface area contributed by atoms with Crippen LogP contribution in [0.15, 0.2) is 29.2 Å². The minimum absolute atomic E-state index is 0.00468. The van der Waals surface area contributed by atoms with Gasteiger partial charge in [-0.3, -0.25) is 0 Å². The van der Waals surface area contributed by atoms with E-state index in [-0.39, 0.29) is 10.9 Å². The molecule has 1 aliphatic carbocycles. The Morgan fingerprint density at radius 1 is 1.17 bits per heavy atom. The first-order valence-electron chi connectivity index (χ1n) is 6.22. The fourth-order valence-corrected chi connectivity index (χ4v) is 4.41. The second kappa shape index (κ2) is 5.72. The zero-order chi connectivity index (χ0) is 13.2. The Labute approximate surface area is 117 Å². The molecular weight excluding hydrogens is 314 g/mol. The van der Waals surface area contributed by atoms with E-state index < -0.39 is 10.0 Å². The first-order valence-corrected chi connectivity index (χ1v) is 8.62. The molecule has 1 fully saturated rings. The molecule has 1 saturated carbocycles. The van der Waals surface area contributed by atoms with Gasteiger partial charge in [-0.15, -0.1) is 0 Å². The molecule has 100 valence electrons. The highest BCUT2D eigenvalue weighted by molar-refractivity contribution is 9.09. The third-order valence-corrected chi connectivity index (χ3v) is 5.92. The normalized spacial score (nSPS) is 25.0. The van der Waals surface area contributed by atoms with Gasteiger partial charge in [0.25, 0.3) is 0 Å². The number of benzene rings is 1. The Bertz CT molecular complexity index is 498. The summed E-state index contributed by atoms with van der Waals surface area (Å²) in [5.74, 6) is 0. The third-order valence-electron chi connectivity index (χ3n) is 3.32. The molecule has 1 aromatic rings. The summed E-state index contributed by atoms with van der Waals surface area (Å²) in [6, 6.07) is 6.96. The Kier molecular flexibility index (Phi) is 4.45. The first-order chi connectivity index (χ1) is 8.49. The average Bonchev–Trinajstić information content (AvgIpc) is 2.32. The van der Waals surface area contributed by atoms with Gasteiger partial charge in [0, 0.05) is 10.9 Å². The van der Waals surface area contributed by atoms with Crippen LogP contribution in [0.1, 0.15) is 31.2 Å². The molecule has 0 unspecified atom stereocenters. The van der Waals surface area contributed by atoms with Gasteiger partial charge < -0.3 is 0 Å². The lowest BCUT2D eigenvalue weighted by molar-refractivity contribution is 0.427. The highest BCUT2D eigenvalue weighted by Crippen LogP contribution is 2.25. The van der Waals surface area contributed by atoms with E-state index in [0.717, 1.165) is 24.8 Å². The van der Waals surface area contributed by atoms with Gasteiger partial charge in [-0.2, -0.15) is 0 Å². The number of rotatable bonds is 3. The number of aryl methyl sites for hydroxylation is 1. The van der Waals surface area contributed by atoms with Crippen LogP contribution >= 0.6 is 15.9 Å². The molecule has 2 atom stereocenters. The Balaban J connectivity index is 2.13. The van der Waals surface area contributed by atoms with Crippen LogP contribution in [0.25, 0.3) is 0 Å². The summed E-state index contributed by atoms with van der Waals surface area (Å²) in [6.07, 6.45) is 4.18. The SMILES string of the molecule is Cc1ccc(S(=O)(=O)N[C@H]2CCCC[C@@H]2Br)cc1. The molecular formula is C13H18BrNO2S. The molecule has 1 aromatic carbocycles. The first kappa shape index (κ1) is 14.0. The highest BCUT2D eigenvalue weighted by Gasteiger charge is 2.27. The van der Waals surface area contributed by atoms with Crippen molar-refractivity contribution in [3.8, 4) is 0 Å². The fourth-order valence-electron chi connectivity index (χ4n) is 2.20. The molecule has 0 radical (unpaired) electrons. The second-order valence-corrected chi connectivity index (χ2v) is 7.73. The van der Waals surface area contributed by atoms with Crippen molar-refractivity contribution in [2.45, 2.75) is 48.4 Å². The predicted molar refractivity (Wildman–Crippen MR) is 76.5 cm³/mol. The average molecular weight is 332 g/mol. The standard InChI is InChI=1S/C13H18BrNO2S/c1-10-6-8-11(9-7-10)18(16,17)15-13-5-3-2-4-12(13)14/h6-9,12-13,15H,2-5H2,1H3/t12-,13-/m0/s1. The van der Waals surface area contributed by atoms with Crippen molar-refractivity contribution in [1.82, 2.24) is 4.72 Å². The van der Waals surface area contributed by atoms with Crippen molar-refractivity contribution >= 4 is 26.0 Å². The van der Waals surface area contributed by atoms with Gasteiger partial charge in [-0.05, 0) is 31.9 Å². The number of hydrogen-bond donors (Lipinski definition) is 1. The zero-order valence-electron chi connectivity index (χ0n) is 10.4. The second-order valence-electron chi connectivity index (χ2n) is 4.84. The van der Waals surface area contributed by atoms with Gasteiger partial charge in [0.2, 0.25) is 10.0 Å². The van der Waals surface area contributed by atoms with Gasteiger partial charge in [0.15, 0.2) is 0 Å². The molecule has 1 N–H and O–H groups in total. The van der Waals surface area contributed by atoms with E-state index in [2.05, 4.69) is 20.7 Å². The Hall–Kier alpha value is -0.390. The van der Waals surface area contributed by atoms with Crippen molar-refractivity contribution in [3.05, 3.63) is 29.8 Å². The van der Waals surface area contributed by atoms with Gasteiger partial charge in [0.05, 0.1) is 4.90 Å². The van der Waals surface area contributed by atoms with Crippen LogP contribution in [0, 0.1) is 6.92 Å². The van der Waals surface area contributed by atoms with Crippen LogP contribution in [0.2, 0.25) is 0 Å². The van der Waals surface area contributed by atoms with Gasteiger partial charge >= 0.3 is 0 Å². The molecule has 0 saturated heterocycles. The van der Waals surface area contributed by atoms with Crippen LogP contribution in [0.5, 0.6) is 0 Å². The molecule has 18 heavy (non-hydrogen) atoms. The maximum atomic E-state index is 12.2. The van der Waals surface area contributed by atoms with Gasteiger partial charge in [0.1, 0.15) is 0 Å². The van der Waals surface area contributed by atoms with E-state index in [4.69, 9.17) is 0 Å². The molecule has 2 rings (SSSR count). The summed E-state index contributed by atoms with van der Waals surface area (Å²) in [5.41, 5.74) is 1.06. The quantitative estimate of drug-likeness (QED) is 0.865. The maximum absolute atomic E-state index is 12.2. The van der Waals surface area contributed by atoms with Crippen LogP contribution in [-0.2, 0) is 10.0 Å². The van der Waals surface area contributed by atoms with E-state index >= 15 is 0 Å². The predicted octanol–water partition coefficient (Wildman–Crippen LogP) is 2.98. The summed E-state index contributed by atoms with van der Waals surface area (Å²) in [7, 11) is -3.39. The number of halogens is 1. The Morgan fingerprint density at radius 3 is 2.39 bits per heavy atom. The molecule has 0 amide bonds. The topological polar surface area (TPSA) is 46.2 Å². The smallest absolute Gasteiger partial charge is 0.207 e. The molecule has 0 aliphatic heterocycles. The molecule has 0 aromatic heterocycles. The maximum Gasteiger partial charge on any atom is 0.240 e. The van der Waals surface area contributed by atoms with Gasteiger partial charge in [-0.25, -0.2) is 13.1 Å². The number of nitrogens with one attached hydrogen (secondary N) is 1. The minimum atomic E-state index is -3.39. The van der Waals surface area contributed by atoms with Crippen molar-refractivity contribution in [2.24, 2.45) is 0 Å². The van der Waals surface area contributed by atoms with Crippen molar-refractivity contribution in [3.63, 3.8) is 0 Å². The van der Waals surface area contributed by atoms with Crippen LogP contribution in [0.4, 0.5) is 0 Å². The summed E-state index contributed by atoms with van der Waals surface area (Å²) in [5, 5.41) is 0. The van der Waals surface area contributed by atoms with Crippen molar-refractivity contribution in [2.75, 3.05) is 0 Å².